The van der Waals surface area contributed by atoms with Gasteiger partial charge in [0.15, 0.2) is 5.69 Å². The molecule has 1 aliphatic heterocycles. The average Bonchev–Trinajstić information content (AvgIpc) is 3.00. The van der Waals surface area contributed by atoms with Gasteiger partial charge in [-0.2, -0.15) is 5.10 Å². The molecule has 0 aliphatic carbocycles. The molecule has 0 N–H and O–H groups in total. The zero-order chi connectivity index (χ0) is 15.1. The lowest BCUT2D eigenvalue weighted by Gasteiger charge is -2.22. The number of amides is 1. The summed E-state index contributed by atoms with van der Waals surface area (Å²) in [4.78, 5) is 17.0. The highest BCUT2D eigenvalue weighted by molar-refractivity contribution is 6.04. The third kappa shape index (κ3) is 2.71. The first-order chi connectivity index (χ1) is 9.99. The van der Waals surface area contributed by atoms with Crippen molar-refractivity contribution in [1.82, 2.24) is 19.6 Å². The van der Waals surface area contributed by atoms with Crippen molar-refractivity contribution in [3.8, 4) is 0 Å². The number of hydrogen-bond donors (Lipinski definition) is 0. The van der Waals surface area contributed by atoms with Gasteiger partial charge in [0, 0.05) is 31.6 Å². The summed E-state index contributed by atoms with van der Waals surface area (Å²) in [6, 6.07) is 8.31. The summed E-state index contributed by atoms with van der Waals surface area (Å²) in [5, 5.41) is 5.38. The Morgan fingerprint density at radius 2 is 1.95 bits per heavy atom. The number of fused-ring (bicyclic) bond motifs is 1. The zero-order valence-corrected chi connectivity index (χ0v) is 14.3. The van der Waals surface area contributed by atoms with Gasteiger partial charge in [-0.3, -0.25) is 9.48 Å². The highest BCUT2D eigenvalue weighted by atomic mass is 35.5. The van der Waals surface area contributed by atoms with Crippen LogP contribution >= 0.6 is 12.4 Å². The molecule has 1 saturated heterocycles. The number of benzene rings is 1. The number of halogens is 1. The van der Waals surface area contributed by atoms with Gasteiger partial charge >= 0.3 is 0 Å². The monoisotopic (exact) mass is 322 g/mol. The predicted octanol–water partition coefficient (Wildman–Crippen LogP) is 2.02. The number of para-hydroxylation sites is 1. The summed E-state index contributed by atoms with van der Waals surface area (Å²) in [6.07, 6.45) is 0. The molecular weight excluding hydrogens is 300 g/mol. The van der Waals surface area contributed by atoms with Crippen molar-refractivity contribution >= 4 is 29.2 Å². The van der Waals surface area contributed by atoms with E-state index >= 15 is 0 Å². The van der Waals surface area contributed by atoms with E-state index in [0.29, 0.717) is 17.7 Å². The molecule has 1 amide bonds. The number of likely N-dealkylation sites (N-methyl/N-ethyl adjacent to an activating group) is 1. The first-order valence-corrected chi connectivity index (χ1v) is 7.36. The van der Waals surface area contributed by atoms with Crippen LogP contribution in [0.2, 0.25) is 0 Å². The fourth-order valence-corrected chi connectivity index (χ4v) is 3.31. The lowest BCUT2D eigenvalue weighted by Crippen LogP contribution is -2.36. The minimum Gasteiger partial charge on any atom is -0.335 e. The Labute approximate surface area is 137 Å². The molecular formula is C16H23ClN4O. The van der Waals surface area contributed by atoms with Gasteiger partial charge in [0.05, 0.1) is 5.52 Å². The number of aryl methyl sites for hydroxylation is 1. The fraction of sp³-hybridized carbons (Fsp3) is 0.500. The minimum atomic E-state index is 0. The molecule has 0 bridgehead atoms. The normalized spacial score (nSPS) is 21.4. The van der Waals surface area contributed by atoms with Gasteiger partial charge < -0.3 is 9.80 Å². The number of rotatable bonds is 2. The summed E-state index contributed by atoms with van der Waals surface area (Å²) in [5.41, 5.74) is 1.57. The van der Waals surface area contributed by atoms with Crippen molar-refractivity contribution in [2.75, 3.05) is 27.2 Å². The van der Waals surface area contributed by atoms with E-state index in [1.807, 2.05) is 36.2 Å². The van der Waals surface area contributed by atoms with Crippen LogP contribution in [0.25, 0.3) is 10.9 Å². The van der Waals surface area contributed by atoms with Crippen LogP contribution in [0, 0.1) is 5.92 Å². The standard InChI is InChI=1S/C16H22N4O.ClH/c1-11-9-20(10-14(11)18(2)3)16(21)15-12-7-5-6-8-13(12)19(4)17-15;/h5-8,11,14H,9-10H2,1-4H3;1H/t11-,14+;/m0./s1. The number of nitrogens with zero attached hydrogens (tertiary/aromatic N) is 4. The highest BCUT2D eigenvalue weighted by Crippen LogP contribution is 2.24. The maximum Gasteiger partial charge on any atom is 0.275 e. The summed E-state index contributed by atoms with van der Waals surface area (Å²) in [7, 11) is 6.03. The van der Waals surface area contributed by atoms with E-state index in [2.05, 4.69) is 31.0 Å². The van der Waals surface area contributed by atoms with E-state index in [4.69, 9.17) is 0 Å². The van der Waals surface area contributed by atoms with Crippen molar-refractivity contribution in [3.63, 3.8) is 0 Å². The van der Waals surface area contributed by atoms with Crippen LogP contribution < -0.4 is 0 Å². The molecule has 1 fully saturated rings. The Morgan fingerprint density at radius 1 is 1.27 bits per heavy atom. The Hall–Kier alpha value is -1.59. The summed E-state index contributed by atoms with van der Waals surface area (Å²) >= 11 is 0. The van der Waals surface area contributed by atoms with Gasteiger partial charge in [0.25, 0.3) is 5.91 Å². The third-order valence-electron chi connectivity index (χ3n) is 4.48. The Kier molecular flexibility index (Phi) is 4.78. The first kappa shape index (κ1) is 16.8. The molecule has 120 valence electrons. The Balaban J connectivity index is 0.00000176. The SMILES string of the molecule is C[C@H]1CN(C(=O)c2nn(C)c3ccccc23)C[C@H]1N(C)C.Cl. The smallest absolute Gasteiger partial charge is 0.275 e. The quantitative estimate of drug-likeness (QED) is 0.849. The van der Waals surface area contributed by atoms with Crippen molar-refractivity contribution in [3.05, 3.63) is 30.0 Å². The van der Waals surface area contributed by atoms with Crippen LogP contribution in [0.3, 0.4) is 0 Å². The first-order valence-electron chi connectivity index (χ1n) is 7.36. The topological polar surface area (TPSA) is 41.4 Å². The molecule has 1 aliphatic rings. The van der Waals surface area contributed by atoms with Gasteiger partial charge in [-0.15, -0.1) is 12.4 Å². The lowest BCUT2D eigenvalue weighted by molar-refractivity contribution is 0.0776. The number of aromatic nitrogens is 2. The molecule has 5 nitrogen and oxygen atoms in total. The zero-order valence-electron chi connectivity index (χ0n) is 13.5. The van der Waals surface area contributed by atoms with Crippen LogP contribution in [0.4, 0.5) is 0 Å². The molecule has 0 radical (unpaired) electrons. The maximum absolute atomic E-state index is 12.8. The fourth-order valence-electron chi connectivity index (χ4n) is 3.31. The second-order valence-electron chi connectivity index (χ2n) is 6.21. The van der Waals surface area contributed by atoms with Crippen LogP contribution in [-0.2, 0) is 7.05 Å². The molecule has 2 atom stereocenters. The number of hydrogen-bond acceptors (Lipinski definition) is 3. The second-order valence-corrected chi connectivity index (χ2v) is 6.21. The molecule has 2 heterocycles. The number of carbonyl (C=O) groups is 1. The summed E-state index contributed by atoms with van der Waals surface area (Å²) < 4.78 is 1.78. The van der Waals surface area contributed by atoms with E-state index in [1.165, 1.54) is 0 Å². The third-order valence-corrected chi connectivity index (χ3v) is 4.48. The largest absolute Gasteiger partial charge is 0.335 e. The molecule has 0 unspecified atom stereocenters. The van der Waals surface area contributed by atoms with Gasteiger partial charge in [0.1, 0.15) is 0 Å². The predicted molar refractivity (Wildman–Crippen MR) is 90.5 cm³/mol. The summed E-state index contributed by atoms with van der Waals surface area (Å²) in [6.45, 7) is 3.78. The van der Waals surface area contributed by atoms with E-state index < -0.39 is 0 Å². The molecule has 0 spiro atoms. The van der Waals surface area contributed by atoms with Crippen LogP contribution in [0.1, 0.15) is 17.4 Å². The maximum atomic E-state index is 12.8. The Bertz CT molecular complexity index is 682. The number of carbonyl (C=O) groups excluding carboxylic acids is 1. The average molecular weight is 323 g/mol. The lowest BCUT2D eigenvalue weighted by atomic mass is 10.1. The molecule has 0 saturated carbocycles. The Morgan fingerprint density at radius 3 is 2.59 bits per heavy atom. The van der Waals surface area contributed by atoms with E-state index in [1.54, 1.807) is 4.68 Å². The van der Waals surface area contributed by atoms with Gasteiger partial charge in [-0.1, -0.05) is 25.1 Å². The van der Waals surface area contributed by atoms with Crippen molar-refractivity contribution in [2.45, 2.75) is 13.0 Å². The minimum absolute atomic E-state index is 0. The number of likely N-dealkylation sites (tertiary alicyclic amines) is 1. The summed E-state index contributed by atoms with van der Waals surface area (Å²) in [5.74, 6) is 0.530. The van der Waals surface area contributed by atoms with Crippen molar-refractivity contribution < 1.29 is 4.79 Å². The van der Waals surface area contributed by atoms with E-state index in [0.717, 1.165) is 24.0 Å². The van der Waals surface area contributed by atoms with Crippen LogP contribution in [-0.4, -0.2) is 58.7 Å². The van der Waals surface area contributed by atoms with E-state index in [-0.39, 0.29) is 18.3 Å². The molecule has 3 rings (SSSR count). The van der Waals surface area contributed by atoms with E-state index in [9.17, 15) is 4.79 Å². The van der Waals surface area contributed by atoms with Crippen LogP contribution in [0.15, 0.2) is 24.3 Å². The van der Waals surface area contributed by atoms with Crippen LogP contribution in [0.5, 0.6) is 0 Å². The highest BCUT2D eigenvalue weighted by Gasteiger charge is 2.35. The molecule has 1 aromatic heterocycles. The van der Waals surface area contributed by atoms with Crippen molar-refractivity contribution in [1.29, 1.82) is 0 Å². The molecule has 22 heavy (non-hydrogen) atoms. The molecule has 2 aromatic rings. The van der Waals surface area contributed by atoms with Gasteiger partial charge in [-0.05, 0) is 26.1 Å². The van der Waals surface area contributed by atoms with Crippen molar-refractivity contribution in [2.24, 2.45) is 13.0 Å². The second kappa shape index (κ2) is 6.26. The molecule has 1 aromatic carbocycles. The van der Waals surface area contributed by atoms with Gasteiger partial charge in [0.2, 0.25) is 0 Å². The molecule has 6 heteroatoms. The van der Waals surface area contributed by atoms with Gasteiger partial charge in [-0.25, -0.2) is 0 Å².